The van der Waals surface area contributed by atoms with E-state index in [1.165, 1.54) is 5.69 Å². The molecule has 1 atom stereocenters. The Balaban J connectivity index is 2.25. The van der Waals surface area contributed by atoms with Crippen LogP contribution >= 0.6 is 0 Å². The van der Waals surface area contributed by atoms with Crippen molar-refractivity contribution in [2.45, 2.75) is 19.9 Å². The lowest BCUT2D eigenvalue weighted by Crippen LogP contribution is -2.25. The van der Waals surface area contributed by atoms with E-state index in [2.05, 4.69) is 29.9 Å². The molecular weight excluding hydrogens is 174 g/mol. The van der Waals surface area contributed by atoms with Crippen LogP contribution in [0.5, 0.6) is 0 Å². The highest BCUT2D eigenvalue weighted by atomic mass is 15.1. The molecule has 3 heteroatoms. The van der Waals surface area contributed by atoms with Gasteiger partial charge in [0.05, 0.1) is 0 Å². The summed E-state index contributed by atoms with van der Waals surface area (Å²) >= 11 is 0. The van der Waals surface area contributed by atoms with Gasteiger partial charge in [-0.25, -0.2) is 0 Å². The molecule has 1 rings (SSSR count). The Hall–Kier alpha value is -0.800. The minimum atomic E-state index is 0.681. The lowest BCUT2D eigenvalue weighted by molar-refractivity contribution is 0.270. The zero-order valence-corrected chi connectivity index (χ0v) is 9.16. The molecule has 0 spiro atoms. The van der Waals surface area contributed by atoms with Crippen molar-refractivity contribution in [3.05, 3.63) is 24.0 Å². The summed E-state index contributed by atoms with van der Waals surface area (Å²) in [7, 11) is 2.15. The van der Waals surface area contributed by atoms with Gasteiger partial charge in [-0.1, -0.05) is 6.92 Å². The lowest BCUT2D eigenvalue weighted by Gasteiger charge is -2.20. The fourth-order valence-corrected chi connectivity index (χ4v) is 1.73. The van der Waals surface area contributed by atoms with Gasteiger partial charge in [0.15, 0.2) is 0 Å². The summed E-state index contributed by atoms with van der Waals surface area (Å²) in [5.41, 5.74) is 6.79. The van der Waals surface area contributed by atoms with Crippen molar-refractivity contribution in [1.29, 1.82) is 0 Å². The van der Waals surface area contributed by atoms with Crippen molar-refractivity contribution in [1.82, 2.24) is 9.88 Å². The van der Waals surface area contributed by atoms with Crippen molar-refractivity contribution in [2.75, 3.05) is 20.1 Å². The van der Waals surface area contributed by atoms with Crippen LogP contribution in [0.2, 0.25) is 0 Å². The van der Waals surface area contributed by atoms with Crippen LogP contribution in [0, 0.1) is 5.92 Å². The van der Waals surface area contributed by atoms with Crippen molar-refractivity contribution >= 4 is 0 Å². The summed E-state index contributed by atoms with van der Waals surface area (Å²) in [5.74, 6) is 0.681. The van der Waals surface area contributed by atoms with Crippen LogP contribution in [-0.4, -0.2) is 30.0 Å². The maximum absolute atomic E-state index is 5.52. The van der Waals surface area contributed by atoms with E-state index < -0.39 is 0 Å². The minimum Gasteiger partial charge on any atom is -0.364 e. The van der Waals surface area contributed by atoms with E-state index in [1.54, 1.807) is 0 Å². The Morgan fingerprint density at radius 1 is 1.57 bits per heavy atom. The average Bonchev–Trinajstić information content (AvgIpc) is 2.56. The van der Waals surface area contributed by atoms with Crippen LogP contribution in [0.4, 0.5) is 0 Å². The smallest absolute Gasteiger partial charge is 0.0382 e. The van der Waals surface area contributed by atoms with Gasteiger partial charge in [-0.15, -0.1) is 0 Å². The predicted molar refractivity (Wildman–Crippen MR) is 60.0 cm³/mol. The quantitative estimate of drug-likeness (QED) is 0.721. The van der Waals surface area contributed by atoms with Crippen LogP contribution in [0.25, 0.3) is 0 Å². The minimum absolute atomic E-state index is 0.681. The Bertz CT molecular complexity index is 231. The zero-order valence-electron chi connectivity index (χ0n) is 9.16. The van der Waals surface area contributed by atoms with Gasteiger partial charge in [0.25, 0.3) is 0 Å². The van der Waals surface area contributed by atoms with Crippen molar-refractivity contribution in [2.24, 2.45) is 11.7 Å². The molecule has 0 radical (unpaired) electrons. The van der Waals surface area contributed by atoms with Crippen LogP contribution in [-0.2, 0) is 6.54 Å². The van der Waals surface area contributed by atoms with Gasteiger partial charge >= 0.3 is 0 Å². The number of aromatic nitrogens is 1. The van der Waals surface area contributed by atoms with Gasteiger partial charge in [-0.05, 0) is 38.1 Å². The molecule has 14 heavy (non-hydrogen) atoms. The number of rotatable bonds is 6. The number of hydrogen-bond donors (Lipinski definition) is 2. The second kappa shape index (κ2) is 5.83. The molecule has 1 aromatic rings. The molecule has 3 N–H and O–H groups in total. The zero-order chi connectivity index (χ0) is 10.4. The molecule has 0 aliphatic heterocycles. The molecule has 0 amide bonds. The van der Waals surface area contributed by atoms with Crippen molar-refractivity contribution in [3.8, 4) is 0 Å². The Morgan fingerprint density at radius 2 is 2.36 bits per heavy atom. The van der Waals surface area contributed by atoms with Crippen LogP contribution in [0.1, 0.15) is 19.0 Å². The number of nitrogens with one attached hydrogen (secondary N) is 1. The highest BCUT2D eigenvalue weighted by Crippen LogP contribution is 2.05. The highest BCUT2D eigenvalue weighted by molar-refractivity contribution is 5.02. The van der Waals surface area contributed by atoms with E-state index in [0.29, 0.717) is 5.92 Å². The first-order valence-corrected chi connectivity index (χ1v) is 5.23. The fraction of sp³-hybridized carbons (Fsp3) is 0.636. The predicted octanol–water partition coefficient (Wildman–Crippen LogP) is 1.43. The number of hydrogen-bond acceptors (Lipinski definition) is 2. The molecule has 0 saturated heterocycles. The third-order valence-electron chi connectivity index (χ3n) is 2.39. The monoisotopic (exact) mass is 195 g/mol. The van der Waals surface area contributed by atoms with Crippen molar-refractivity contribution < 1.29 is 0 Å². The van der Waals surface area contributed by atoms with Gasteiger partial charge < -0.3 is 15.6 Å². The van der Waals surface area contributed by atoms with Gasteiger partial charge in [0.1, 0.15) is 0 Å². The van der Waals surface area contributed by atoms with Gasteiger partial charge in [-0.2, -0.15) is 0 Å². The Kier molecular flexibility index (Phi) is 4.70. The molecule has 0 fully saturated rings. The third-order valence-corrected chi connectivity index (χ3v) is 2.39. The first kappa shape index (κ1) is 11.3. The number of nitrogens with two attached hydrogens (primary N) is 1. The van der Waals surface area contributed by atoms with E-state index in [4.69, 9.17) is 5.73 Å². The van der Waals surface area contributed by atoms with Gasteiger partial charge in [-0.3, -0.25) is 0 Å². The molecule has 0 aromatic carbocycles. The largest absolute Gasteiger partial charge is 0.364 e. The van der Waals surface area contributed by atoms with Crippen LogP contribution in [0.3, 0.4) is 0 Å². The topological polar surface area (TPSA) is 45.0 Å². The molecule has 0 aliphatic carbocycles. The molecule has 1 heterocycles. The second-order valence-electron chi connectivity index (χ2n) is 4.07. The molecule has 1 aromatic heterocycles. The maximum atomic E-state index is 5.52. The molecule has 0 saturated carbocycles. The van der Waals surface area contributed by atoms with Gasteiger partial charge in [0, 0.05) is 25.0 Å². The molecule has 0 bridgehead atoms. The number of nitrogens with zero attached hydrogens (tertiary/aromatic N) is 1. The Morgan fingerprint density at radius 3 is 2.93 bits per heavy atom. The normalized spacial score (nSPS) is 13.4. The molecule has 3 nitrogen and oxygen atoms in total. The van der Waals surface area contributed by atoms with E-state index in [1.807, 2.05) is 12.3 Å². The molecular formula is C11H21N3. The van der Waals surface area contributed by atoms with Crippen LogP contribution < -0.4 is 5.73 Å². The van der Waals surface area contributed by atoms with Crippen molar-refractivity contribution in [3.63, 3.8) is 0 Å². The summed E-state index contributed by atoms with van der Waals surface area (Å²) in [4.78, 5) is 5.53. The van der Waals surface area contributed by atoms with E-state index in [-0.39, 0.29) is 0 Å². The first-order valence-electron chi connectivity index (χ1n) is 5.23. The standard InChI is InChI=1S/C11H21N3/c1-10(5-6-12)8-14(2)9-11-4-3-7-13-11/h3-4,7,10,13H,5-6,8-9,12H2,1-2H3. The molecule has 1 unspecified atom stereocenters. The summed E-state index contributed by atoms with van der Waals surface area (Å²) in [6, 6.07) is 4.15. The summed E-state index contributed by atoms with van der Waals surface area (Å²) in [6.07, 6.45) is 3.07. The number of aromatic amines is 1. The maximum Gasteiger partial charge on any atom is 0.0382 e. The van der Waals surface area contributed by atoms with E-state index >= 15 is 0 Å². The summed E-state index contributed by atoms with van der Waals surface area (Å²) in [6.45, 7) is 5.13. The number of H-pyrrole nitrogens is 1. The fourth-order valence-electron chi connectivity index (χ4n) is 1.73. The second-order valence-corrected chi connectivity index (χ2v) is 4.07. The first-order chi connectivity index (χ1) is 6.72. The summed E-state index contributed by atoms with van der Waals surface area (Å²) in [5, 5.41) is 0. The van der Waals surface area contributed by atoms with E-state index in [0.717, 1.165) is 26.1 Å². The SMILES string of the molecule is CC(CCN)CN(C)Cc1ccc[nH]1. The summed E-state index contributed by atoms with van der Waals surface area (Å²) < 4.78 is 0. The van der Waals surface area contributed by atoms with E-state index in [9.17, 15) is 0 Å². The molecule has 80 valence electrons. The van der Waals surface area contributed by atoms with Gasteiger partial charge in [0.2, 0.25) is 0 Å². The lowest BCUT2D eigenvalue weighted by atomic mass is 10.1. The van der Waals surface area contributed by atoms with Crippen LogP contribution in [0.15, 0.2) is 18.3 Å². The highest BCUT2D eigenvalue weighted by Gasteiger charge is 2.06. The average molecular weight is 195 g/mol. The molecule has 0 aliphatic rings. The Labute approximate surface area is 86.3 Å². The third kappa shape index (κ3) is 3.94.